The van der Waals surface area contributed by atoms with Gasteiger partial charge in [-0.25, -0.2) is 9.59 Å². The van der Waals surface area contributed by atoms with Crippen LogP contribution in [0.5, 0.6) is 0 Å². The Kier molecular flexibility index (Phi) is 5.29. The number of esters is 1. The molecule has 0 aliphatic carbocycles. The summed E-state index contributed by atoms with van der Waals surface area (Å²) < 4.78 is 16.4. The van der Waals surface area contributed by atoms with E-state index < -0.39 is 29.9 Å². The SMILES string of the molecule is CC1(Cc2ccccc2)OC(C(=O)O)C(C(=O)OCc2ccccn2)O1. The van der Waals surface area contributed by atoms with Crippen LogP contribution in [0.15, 0.2) is 54.7 Å². The molecular weight excluding hydrogens is 338 g/mol. The van der Waals surface area contributed by atoms with Crippen LogP contribution in [0.1, 0.15) is 18.2 Å². The number of carbonyl (C=O) groups is 2. The summed E-state index contributed by atoms with van der Waals surface area (Å²) in [5.74, 6) is -3.31. The van der Waals surface area contributed by atoms with E-state index in [1.165, 1.54) is 0 Å². The monoisotopic (exact) mass is 357 g/mol. The van der Waals surface area contributed by atoms with Gasteiger partial charge in [0.1, 0.15) is 6.61 Å². The molecule has 1 aromatic carbocycles. The number of carboxylic acids is 1. The molecule has 7 heteroatoms. The van der Waals surface area contributed by atoms with Crippen molar-refractivity contribution in [3.8, 4) is 0 Å². The summed E-state index contributed by atoms with van der Waals surface area (Å²) >= 11 is 0. The first-order chi connectivity index (χ1) is 12.5. The van der Waals surface area contributed by atoms with Gasteiger partial charge in [-0.05, 0) is 24.6 Å². The van der Waals surface area contributed by atoms with Crippen molar-refractivity contribution >= 4 is 11.9 Å². The lowest BCUT2D eigenvalue weighted by Gasteiger charge is -2.23. The van der Waals surface area contributed by atoms with Crippen LogP contribution in [-0.4, -0.2) is 40.0 Å². The predicted molar refractivity (Wildman–Crippen MR) is 90.0 cm³/mol. The summed E-state index contributed by atoms with van der Waals surface area (Å²) in [5.41, 5.74) is 1.46. The molecule has 2 heterocycles. The molecule has 0 radical (unpaired) electrons. The van der Waals surface area contributed by atoms with Gasteiger partial charge in [-0.15, -0.1) is 0 Å². The summed E-state index contributed by atoms with van der Waals surface area (Å²) in [6, 6.07) is 14.6. The van der Waals surface area contributed by atoms with E-state index in [1.807, 2.05) is 30.3 Å². The van der Waals surface area contributed by atoms with E-state index in [2.05, 4.69) is 4.98 Å². The lowest BCUT2D eigenvalue weighted by molar-refractivity contribution is -0.179. The van der Waals surface area contributed by atoms with Gasteiger partial charge in [-0.2, -0.15) is 0 Å². The van der Waals surface area contributed by atoms with E-state index in [4.69, 9.17) is 14.2 Å². The number of pyridine rings is 1. The van der Waals surface area contributed by atoms with Gasteiger partial charge >= 0.3 is 11.9 Å². The highest BCUT2D eigenvalue weighted by Gasteiger charge is 2.52. The average molecular weight is 357 g/mol. The van der Waals surface area contributed by atoms with Crippen LogP contribution in [0.2, 0.25) is 0 Å². The van der Waals surface area contributed by atoms with Gasteiger partial charge in [-0.3, -0.25) is 4.98 Å². The van der Waals surface area contributed by atoms with E-state index in [-0.39, 0.29) is 6.61 Å². The number of aromatic nitrogens is 1. The standard InChI is InChI=1S/C19H19NO6/c1-19(11-13-7-3-2-4-8-13)25-15(17(21)22)16(26-19)18(23)24-12-14-9-5-6-10-20-14/h2-10,15-16H,11-12H2,1H3,(H,21,22). The molecule has 1 N–H and O–H groups in total. The summed E-state index contributed by atoms with van der Waals surface area (Å²) in [6.45, 7) is 1.54. The van der Waals surface area contributed by atoms with Gasteiger partial charge in [0.15, 0.2) is 18.0 Å². The maximum Gasteiger partial charge on any atom is 0.339 e. The first kappa shape index (κ1) is 18.0. The zero-order valence-corrected chi connectivity index (χ0v) is 14.2. The van der Waals surface area contributed by atoms with Crippen LogP contribution in [0.25, 0.3) is 0 Å². The third-order valence-electron chi connectivity index (χ3n) is 3.96. The molecule has 7 nitrogen and oxygen atoms in total. The number of hydrogen-bond acceptors (Lipinski definition) is 6. The van der Waals surface area contributed by atoms with Crippen LogP contribution in [-0.2, 0) is 36.8 Å². The number of ether oxygens (including phenoxy) is 3. The predicted octanol–water partition coefficient (Wildman–Crippen LogP) is 1.95. The molecule has 26 heavy (non-hydrogen) atoms. The molecule has 1 aromatic heterocycles. The topological polar surface area (TPSA) is 95.0 Å². The Balaban J connectivity index is 1.68. The third kappa shape index (κ3) is 4.25. The van der Waals surface area contributed by atoms with Gasteiger partial charge < -0.3 is 19.3 Å². The van der Waals surface area contributed by atoms with Gasteiger partial charge in [0.05, 0.1) is 5.69 Å². The maximum atomic E-state index is 12.4. The molecule has 0 amide bonds. The number of carboxylic acid groups (broad SMARTS) is 1. The van der Waals surface area contributed by atoms with E-state index in [9.17, 15) is 14.7 Å². The maximum absolute atomic E-state index is 12.4. The Morgan fingerprint density at radius 2 is 1.81 bits per heavy atom. The number of carbonyl (C=O) groups excluding carboxylic acids is 1. The van der Waals surface area contributed by atoms with Crippen molar-refractivity contribution in [2.45, 2.75) is 37.9 Å². The lowest BCUT2D eigenvalue weighted by Crippen LogP contribution is -2.38. The van der Waals surface area contributed by atoms with Gasteiger partial charge in [0.2, 0.25) is 0 Å². The Labute approximate surface area is 150 Å². The first-order valence-electron chi connectivity index (χ1n) is 8.16. The second-order valence-electron chi connectivity index (χ2n) is 6.14. The van der Waals surface area contributed by atoms with Crippen molar-refractivity contribution in [3.63, 3.8) is 0 Å². The second-order valence-corrected chi connectivity index (χ2v) is 6.14. The first-order valence-corrected chi connectivity index (χ1v) is 8.16. The fourth-order valence-electron chi connectivity index (χ4n) is 2.80. The molecule has 0 bridgehead atoms. The Morgan fingerprint density at radius 3 is 2.46 bits per heavy atom. The van der Waals surface area contributed by atoms with E-state index in [0.29, 0.717) is 12.1 Å². The van der Waals surface area contributed by atoms with Crippen molar-refractivity contribution in [1.82, 2.24) is 4.98 Å². The normalized spacial score (nSPS) is 25.0. The molecule has 3 unspecified atom stereocenters. The van der Waals surface area contributed by atoms with Crippen molar-refractivity contribution in [2.24, 2.45) is 0 Å². The quantitative estimate of drug-likeness (QED) is 0.790. The molecule has 1 fully saturated rings. The minimum Gasteiger partial charge on any atom is -0.479 e. The minimum absolute atomic E-state index is 0.0682. The molecule has 3 atom stereocenters. The Hall–Kier alpha value is -2.77. The molecule has 1 aliphatic rings. The van der Waals surface area contributed by atoms with Gasteiger partial charge in [-0.1, -0.05) is 36.4 Å². The average Bonchev–Trinajstić information content (AvgIpc) is 2.99. The van der Waals surface area contributed by atoms with E-state index in [1.54, 1.807) is 31.3 Å². The number of nitrogens with zero attached hydrogens (tertiary/aromatic N) is 1. The lowest BCUT2D eigenvalue weighted by atomic mass is 10.1. The summed E-state index contributed by atoms with van der Waals surface area (Å²) in [5, 5.41) is 9.39. The number of hydrogen-bond donors (Lipinski definition) is 1. The largest absolute Gasteiger partial charge is 0.479 e. The van der Waals surface area contributed by atoms with E-state index in [0.717, 1.165) is 5.56 Å². The molecule has 1 aliphatic heterocycles. The van der Waals surface area contributed by atoms with Crippen LogP contribution >= 0.6 is 0 Å². The molecule has 0 spiro atoms. The molecule has 0 saturated carbocycles. The fourth-order valence-corrected chi connectivity index (χ4v) is 2.80. The second kappa shape index (κ2) is 7.63. The smallest absolute Gasteiger partial charge is 0.339 e. The van der Waals surface area contributed by atoms with Crippen molar-refractivity contribution in [2.75, 3.05) is 0 Å². The Bertz CT molecular complexity index is 766. The molecule has 3 rings (SSSR count). The van der Waals surface area contributed by atoms with Gasteiger partial charge in [0.25, 0.3) is 0 Å². The van der Waals surface area contributed by atoms with Crippen molar-refractivity contribution < 1.29 is 28.9 Å². The molecule has 2 aromatic rings. The molecule has 1 saturated heterocycles. The van der Waals surface area contributed by atoms with Crippen LogP contribution in [0.3, 0.4) is 0 Å². The Morgan fingerprint density at radius 1 is 1.12 bits per heavy atom. The summed E-state index contributed by atoms with van der Waals surface area (Å²) in [6.07, 6.45) is -0.887. The van der Waals surface area contributed by atoms with E-state index >= 15 is 0 Å². The van der Waals surface area contributed by atoms with Crippen LogP contribution in [0, 0.1) is 0 Å². The highest BCUT2D eigenvalue weighted by molar-refractivity contribution is 5.85. The number of benzene rings is 1. The highest BCUT2D eigenvalue weighted by Crippen LogP contribution is 2.32. The zero-order chi connectivity index (χ0) is 18.6. The third-order valence-corrected chi connectivity index (χ3v) is 3.96. The molecular formula is C19H19NO6. The number of rotatable bonds is 6. The van der Waals surface area contributed by atoms with Gasteiger partial charge in [0, 0.05) is 12.6 Å². The molecule has 136 valence electrons. The van der Waals surface area contributed by atoms with Crippen LogP contribution in [0.4, 0.5) is 0 Å². The van der Waals surface area contributed by atoms with Crippen LogP contribution < -0.4 is 0 Å². The zero-order valence-electron chi connectivity index (χ0n) is 14.2. The summed E-state index contributed by atoms with van der Waals surface area (Å²) in [4.78, 5) is 27.9. The summed E-state index contributed by atoms with van der Waals surface area (Å²) in [7, 11) is 0. The van der Waals surface area contributed by atoms with Crippen molar-refractivity contribution in [3.05, 3.63) is 66.0 Å². The van der Waals surface area contributed by atoms with Crippen molar-refractivity contribution in [1.29, 1.82) is 0 Å². The highest BCUT2D eigenvalue weighted by atomic mass is 16.8. The fraction of sp³-hybridized carbons (Fsp3) is 0.316. The minimum atomic E-state index is -1.43. The number of aliphatic carboxylic acids is 1.